The van der Waals surface area contributed by atoms with Crippen molar-refractivity contribution in [1.29, 1.82) is 0 Å². The molecule has 1 saturated heterocycles. The molecule has 1 fully saturated rings. The van der Waals surface area contributed by atoms with Gasteiger partial charge in [-0.2, -0.15) is 0 Å². The van der Waals surface area contributed by atoms with Gasteiger partial charge in [-0.25, -0.2) is 9.37 Å². The summed E-state index contributed by atoms with van der Waals surface area (Å²) in [6.07, 6.45) is 3.63. The lowest BCUT2D eigenvalue weighted by Crippen LogP contribution is -2.45. The topological polar surface area (TPSA) is 32.3 Å². The highest BCUT2D eigenvalue weighted by molar-refractivity contribution is 7.22. The van der Waals surface area contributed by atoms with E-state index in [-0.39, 0.29) is 5.82 Å². The zero-order chi connectivity index (χ0) is 15.6. The first-order valence-electron chi connectivity index (χ1n) is 7.70. The van der Waals surface area contributed by atoms with Crippen molar-refractivity contribution < 1.29 is 4.39 Å². The van der Waals surface area contributed by atoms with Crippen LogP contribution >= 0.6 is 11.3 Å². The summed E-state index contributed by atoms with van der Waals surface area (Å²) < 4.78 is 14.1. The predicted molar refractivity (Wildman–Crippen MR) is 91.3 cm³/mol. The number of fused-ring (bicyclic) bond motifs is 1. The molecule has 0 bridgehead atoms. The molecule has 23 heavy (non-hydrogen) atoms. The van der Waals surface area contributed by atoms with E-state index in [1.165, 1.54) is 16.8 Å². The quantitative estimate of drug-likeness (QED) is 0.739. The first-order chi connectivity index (χ1) is 11.3. The summed E-state index contributed by atoms with van der Waals surface area (Å²) in [5, 5.41) is 1.08. The summed E-state index contributed by atoms with van der Waals surface area (Å²) >= 11 is 1.73. The SMILES string of the molecule is Fc1ccc(CN2CCN(c3nc4cnccc4s3)CC2)cc1. The van der Waals surface area contributed by atoms with Gasteiger partial charge in [-0.05, 0) is 23.8 Å². The largest absolute Gasteiger partial charge is 0.345 e. The Morgan fingerprint density at radius 2 is 1.83 bits per heavy atom. The van der Waals surface area contributed by atoms with Crippen LogP contribution in [-0.4, -0.2) is 41.0 Å². The van der Waals surface area contributed by atoms with Gasteiger partial charge in [0.05, 0.1) is 10.9 Å². The fourth-order valence-electron chi connectivity index (χ4n) is 2.85. The van der Waals surface area contributed by atoms with Crippen molar-refractivity contribution in [3.63, 3.8) is 0 Å². The molecule has 0 saturated carbocycles. The Morgan fingerprint density at radius 1 is 1.04 bits per heavy atom. The van der Waals surface area contributed by atoms with Gasteiger partial charge in [0.15, 0.2) is 5.13 Å². The van der Waals surface area contributed by atoms with E-state index in [0.29, 0.717) is 0 Å². The number of hydrogen-bond acceptors (Lipinski definition) is 5. The Morgan fingerprint density at radius 3 is 2.57 bits per heavy atom. The van der Waals surface area contributed by atoms with E-state index in [1.807, 2.05) is 30.6 Å². The van der Waals surface area contributed by atoms with Crippen LogP contribution in [-0.2, 0) is 6.54 Å². The summed E-state index contributed by atoms with van der Waals surface area (Å²) in [4.78, 5) is 13.5. The van der Waals surface area contributed by atoms with Gasteiger partial charge in [0.2, 0.25) is 0 Å². The molecule has 3 heterocycles. The summed E-state index contributed by atoms with van der Waals surface area (Å²) in [7, 11) is 0. The lowest BCUT2D eigenvalue weighted by Gasteiger charge is -2.34. The summed E-state index contributed by atoms with van der Waals surface area (Å²) in [6, 6.07) is 8.80. The standard InChI is InChI=1S/C17H17FN4S/c18-14-3-1-13(2-4-14)12-21-7-9-22(10-8-21)17-20-15-11-19-6-5-16(15)23-17/h1-6,11H,7-10,12H2. The second-order valence-corrected chi connectivity index (χ2v) is 6.74. The normalized spacial score (nSPS) is 16.1. The minimum atomic E-state index is -0.177. The van der Waals surface area contributed by atoms with Crippen molar-refractivity contribution in [2.75, 3.05) is 31.1 Å². The maximum Gasteiger partial charge on any atom is 0.186 e. The highest BCUT2D eigenvalue weighted by atomic mass is 32.1. The smallest absolute Gasteiger partial charge is 0.186 e. The fourth-order valence-corrected chi connectivity index (χ4v) is 3.83. The Labute approximate surface area is 138 Å². The second-order valence-electron chi connectivity index (χ2n) is 5.73. The van der Waals surface area contributed by atoms with E-state index in [9.17, 15) is 4.39 Å². The number of nitrogens with zero attached hydrogens (tertiary/aromatic N) is 4. The second kappa shape index (κ2) is 6.22. The van der Waals surface area contributed by atoms with Crippen molar-refractivity contribution in [2.24, 2.45) is 0 Å². The number of benzene rings is 1. The zero-order valence-electron chi connectivity index (χ0n) is 12.7. The van der Waals surface area contributed by atoms with Gasteiger partial charge in [-0.15, -0.1) is 0 Å². The van der Waals surface area contributed by atoms with Gasteiger partial charge in [0.25, 0.3) is 0 Å². The van der Waals surface area contributed by atoms with Crippen LogP contribution in [0.15, 0.2) is 42.7 Å². The van der Waals surface area contributed by atoms with E-state index in [2.05, 4.69) is 19.8 Å². The molecule has 3 aromatic rings. The summed E-state index contributed by atoms with van der Waals surface area (Å²) in [5.74, 6) is -0.177. The van der Waals surface area contributed by atoms with E-state index >= 15 is 0 Å². The molecule has 118 valence electrons. The maximum absolute atomic E-state index is 13.0. The average Bonchev–Trinajstić information content (AvgIpc) is 3.02. The number of rotatable bonds is 3. The maximum atomic E-state index is 13.0. The van der Waals surface area contributed by atoms with Gasteiger partial charge in [-0.3, -0.25) is 9.88 Å². The van der Waals surface area contributed by atoms with Gasteiger partial charge in [0, 0.05) is 38.9 Å². The molecule has 0 N–H and O–H groups in total. The van der Waals surface area contributed by atoms with Gasteiger partial charge in [-0.1, -0.05) is 23.5 Å². The Bertz CT molecular complexity index is 761. The van der Waals surface area contributed by atoms with Crippen LogP contribution in [0.1, 0.15) is 5.56 Å². The highest BCUT2D eigenvalue weighted by Crippen LogP contribution is 2.28. The lowest BCUT2D eigenvalue weighted by atomic mass is 10.2. The zero-order valence-corrected chi connectivity index (χ0v) is 13.5. The minimum Gasteiger partial charge on any atom is -0.345 e. The third-order valence-electron chi connectivity index (χ3n) is 4.14. The first-order valence-corrected chi connectivity index (χ1v) is 8.52. The molecule has 1 aliphatic heterocycles. The number of anilines is 1. The molecule has 1 aliphatic rings. The van der Waals surface area contributed by atoms with Crippen LogP contribution in [0.2, 0.25) is 0 Å². The van der Waals surface area contributed by atoms with Crippen molar-refractivity contribution in [3.8, 4) is 0 Å². The average molecular weight is 328 g/mol. The van der Waals surface area contributed by atoms with Crippen LogP contribution in [0.5, 0.6) is 0 Å². The van der Waals surface area contributed by atoms with E-state index in [0.717, 1.165) is 48.9 Å². The molecule has 0 unspecified atom stereocenters. The third kappa shape index (κ3) is 3.18. The van der Waals surface area contributed by atoms with Crippen molar-refractivity contribution in [2.45, 2.75) is 6.54 Å². The molecule has 0 spiro atoms. The van der Waals surface area contributed by atoms with Crippen molar-refractivity contribution in [1.82, 2.24) is 14.9 Å². The number of piperazine rings is 1. The number of halogens is 1. The molecule has 0 amide bonds. The number of hydrogen-bond donors (Lipinski definition) is 0. The Kier molecular flexibility index (Phi) is 3.93. The molecule has 4 rings (SSSR count). The Balaban J connectivity index is 1.39. The van der Waals surface area contributed by atoms with Crippen LogP contribution in [0.4, 0.5) is 9.52 Å². The molecule has 2 aromatic heterocycles. The number of thiazole rings is 1. The van der Waals surface area contributed by atoms with Crippen LogP contribution in [0.3, 0.4) is 0 Å². The summed E-state index contributed by atoms with van der Waals surface area (Å²) in [6.45, 7) is 4.79. The molecule has 6 heteroatoms. The highest BCUT2D eigenvalue weighted by Gasteiger charge is 2.19. The monoisotopic (exact) mass is 328 g/mol. The van der Waals surface area contributed by atoms with Gasteiger partial charge < -0.3 is 4.90 Å². The summed E-state index contributed by atoms with van der Waals surface area (Å²) in [5.41, 5.74) is 2.13. The molecular weight excluding hydrogens is 311 g/mol. The molecule has 1 aromatic carbocycles. The number of pyridine rings is 1. The van der Waals surface area contributed by atoms with Crippen molar-refractivity contribution >= 4 is 26.7 Å². The van der Waals surface area contributed by atoms with E-state index in [1.54, 1.807) is 11.3 Å². The number of aromatic nitrogens is 2. The fraction of sp³-hybridized carbons (Fsp3) is 0.294. The first kappa shape index (κ1) is 14.5. The van der Waals surface area contributed by atoms with Crippen LogP contribution in [0, 0.1) is 5.82 Å². The van der Waals surface area contributed by atoms with E-state index < -0.39 is 0 Å². The molecule has 0 atom stereocenters. The Hall–Kier alpha value is -2.05. The predicted octanol–water partition coefficient (Wildman–Crippen LogP) is 3.15. The van der Waals surface area contributed by atoms with Gasteiger partial charge >= 0.3 is 0 Å². The molecular formula is C17H17FN4S. The van der Waals surface area contributed by atoms with Crippen molar-refractivity contribution in [3.05, 3.63) is 54.1 Å². The van der Waals surface area contributed by atoms with E-state index in [4.69, 9.17) is 0 Å². The molecule has 0 radical (unpaired) electrons. The molecule has 0 aliphatic carbocycles. The third-order valence-corrected chi connectivity index (χ3v) is 5.24. The van der Waals surface area contributed by atoms with Crippen LogP contribution < -0.4 is 4.90 Å². The lowest BCUT2D eigenvalue weighted by molar-refractivity contribution is 0.250. The molecule has 4 nitrogen and oxygen atoms in total. The van der Waals surface area contributed by atoms with Gasteiger partial charge in [0.1, 0.15) is 11.3 Å². The van der Waals surface area contributed by atoms with Crippen LogP contribution in [0.25, 0.3) is 10.2 Å². The minimum absolute atomic E-state index is 0.177.